The Bertz CT molecular complexity index is 519. The summed E-state index contributed by atoms with van der Waals surface area (Å²) in [6, 6.07) is 0. The van der Waals surface area contributed by atoms with Gasteiger partial charge in [-0.2, -0.15) is 0 Å². The van der Waals surface area contributed by atoms with Crippen molar-refractivity contribution in [2.45, 2.75) is 38.8 Å². The fourth-order valence-electron chi connectivity index (χ4n) is 2.38. The maximum Gasteiger partial charge on any atom is 0.298 e. The molecule has 16 heavy (non-hydrogen) atoms. The molecule has 7 heteroatoms. The van der Waals surface area contributed by atoms with E-state index < -0.39 is 9.05 Å². The van der Waals surface area contributed by atoms with Crippen molar-refractivity contribution < 1.29 is 8.42 Å². The molecule has 1 aromatic rings. The smallest absolute Gasteiger partial charge is 0.262 e. The molecular formula is C9H14ClN3O2S. The molecule has 1 N–H and O–H groups in total. The fourth-order valence-corrected chi connectivity index (χ4v) is 2.95. The third-order valence-corrected chi connectivity index (χ3v) is 5.03. The van der Waals surface area contributed by atoms with Crippen LogP contribution in [0.2, 0.25) is 0 Å². The SMILES string of the molecule is CC1(C)C(c2nc(S(=O)(=O)Cl)n[nH]2)C1(C)C. The summed E-state index contributed by atoms with van der Waals surface area (Å²) in [5.74, 6) is 0.772. The van der Waals surface area contributed by atoms with Gasteiger partial charge in [0.2, 0.25) is 0 Å². The second-order valence-corrected chi connectivity index (χ2v) is 7.78. The van der Waals surface area contributed by atoms with Crippen molar-refractivity contribution >= 4 is 19.7 Å². The van der Waals surface area contributed by atoms with Crippen LogP contribution in [-0.2, 0) is 9.05 Å². The molecule has 0 saturated heterocycles. The Kier molecular flexibility index (Phi) is 2.21. The monoisotopic (exact) mass is 263 g/mol. The number of rotatable bonds is 2. The van der Waals surface area contributed by atoms with E-state index in [1.807, 2.05) is 0 Å². The molecule has 0 amide bonds. The predicted molar refractivity (Wildman–Crippen MR) is 59.7 cm³/mol. The molecule has 0 bridgehead atoms. The Morgan fingerprint density at radius 3 is 2.06 bits per heavy atom. The zero-order chi connectivity index (χ0) is 12.4. The van der Waals surface area contributed by atoms with E-state index in [0.29, 0.717) is 5.82 Å². The van der Waals surface area contributed by atoms with Gasteiger partial charge in [0.15, 0.2) is 0 Å². The number of nitrogens with one attached hydrogen (secondary N) is 1. The van der Waals surface area contributed by atoms with Crippen molar-refractivity contribution in [3.63, 3.8) is 0 Å². The minimum Gasteiger partial charge on any atom is -0.262 e. The van der Waals surface area contributed by atoms with Crippen LogP contribution in [0.3, 0.4) is 0 Å². The first kappa shape index (κ1) is 11.9. The van der Waals surface area contributed by atoms with E-state index in [9.17, 15) is 8.42 Å². The molecule has 0 spiro atoms. The van der Waals surface area contributed by atoms with Crippen molar-refractivity contribution in [2.24, 2.45) is 10.8 Å². The highest BCUT2D eigenvalue weighted by molar-refractivity contribution is 8.13. The molecule has 1 aliphatic rings. The molecule has 1 saturated carbocycles. The molecule has 1 heterocycles. The van der Waals surface area contributed by atoms with Gasteiger partial charge in [0.05, 0.1) is 0 Å². The minimum atomic E-state index is -3.84. The number of hydrogen-bond donors (Lipinski definition) is 1. The summed E-state index contributed by atoms with van der Waals surface area (Å²) in [5, 5.41) is 5.94. The van der Waals surface area contributed by atoms with Crippen LogP contribution >= 0.6 is 10.7 Å². The van der Waals surface area contributed by atoms with E-state index in [4.69, 9.17) is 10.7 Å². The molecule has 5 nitrogen and oxygen atoms in total. The van der Waals surface area contributed by atoms with Crippen LogP contribution in [0.5, 0.6) is 0 Å². The van der Waals surface area contributed by atoms with Crippen LogP contribution < -0.4 is 0 Å². The second kappa shape index (κ2) is 2.98. The Balaban J connectivity index is 2.37. The van der Waals surface area contributed by atoms with Gasteiger partial charge in [-0.05, 0) is 10.8 Å². The molecule has 0 unspecified atom stereocenters. The van der Waals surface area contributed by atoms with Gasteiger partial charge >= 0.3 is 0 Å². The van der Waals surface area contributed by atoms with Gasteiger partial charge < -0.3 is 0 Å². The Morgan fingerprint density at radius 2 is 1.75 bits per heavy atom. The lowest BCUT2D eigenvalue weighted by Gasteiger charge is -2.03. The fraction of sp³-hybridized carbons (Fsp3) is 0.778. The molecular weight excluding hydrogens is 250 g/mol. The van der Waals surface area contributed by atoms with Gasteiger partial charge in [0, 0.05) is 16.6 Å². The molecule has 90 valence electrons. The van der Waals surface area contributed by atoms with Gasteiger partial charge in [0.1, 0.15) is 5.82 Å². The highest BCUT2D eigenvalue weighted by Crippen LogP contribution is 2.72. The molecule has 1 fully saturated rings. The molecule has 1 aliphatic carbocycles. The average molecular weight is 264 g/mol. The van der Waals surface area contributed by atoms with E-state index in [0.717, 1.165) is 0 Å². The lowest BCUT2D eigenvalue weighted by Crippen LogP contribution is -1.95. The van der Waals surface area contributed by atoms with Crippen LogP contribution in [0.4, 0.5) is 0 Å². The van der Waals surface area contributed by atoms with Crippen molar-refractivity contribution in [3.05, 3.63) is 5.82 Å². The third-order valence-electron chi connectivity index (χ3n) is 3.99. The summed E-state index contributed by atoms with van der Waals surface area (Å²) in [4.78, 5) is 3.95. The Labute approximate surface area is 99.0 Å². The lowest BCUT2D eigenvalue weighted by molar-refractivity contribution is 0.457. The summed E-state index contributed by atoms with van der Waals surface area (Å²) >= 11 is 0. The highest BCUT2D eigenvalue weighted by atomic mass is 35.7. The predicted octanol–water partition coefficient (Wildman–Crippen LogP) is 1.88. The maximum atomic E-state index is 11.0. The molecule has 0 aromatic carbocycles. The molecule has 0 aliphatic heterocycles. The van der Waals surface area contributed by atoms with Gasteiger partial charge in [-0.1, -0.05) is 27.7 Å². The average Bonchev–Trinajstić information content (AvgIpc) is 2.51. The Morgan fingerprint density at radius 1 is 1.25 bits per heavy atom. The first-order chi connectivity index (χ1) is 7.08. The van der Waals surface area contributed by atoms with Crippen molar-refractivity contribution in [1.29, 1.82) is 0 Å². The zero-order valence-corrected chi connectivity index (χ0v) is 11.1. The van der Waals surface area contributed by atoms with Gasteiger partial charge in [-0.3, -0.25) is 5.10 Å². The highest BCUT2D eigenvalue weighted by Gasteiger charge is 2.66. The summed E-state index contributed by atoms with van der Waals surface area (Å²) in [6.45, 7) is 8.48. The largest absolute Gasteiger partial charge is 0.298 e. The van der Waals surface area contributed by atoms with E-state index in [1.165, 1.54) is 0 Å². The molecule has 2 rings (SSSR count). The van der Waals surface area contributed by atoms with E-state index in [1.54, 1.807) is 0 Å². The molecule has 0 atom stereocenters. The van der Waals surface area contributed by atoms with E-state index >= 15 is 0 Å². The van der Waals surface area contributed by atoms with Crippen molar-refractivity contribution in [1.82, 2.24) is 15.2 Å². The van der Waals surface area contributed by atoms with Crippen LogP contribution in [0.1, 0.15) is 39.4 Å². The summed E-state index contributed by atoms with van der Waals surface area (Å²) < 4.78 is 22.1. The maximum absolute atomic E-state index is 11.0. The number of aromatic nitrogens is 3. The summed E-state index contributed by atoms with van der Waals surface area (Å²) in [7, 11) is 1.32. The summed E-state index contributed by atoms with van der Waals surface area (Å²) in [5.41, 5.74) is 0.166. The van der Waals surface area contributed by atoms with Crippen molar-refractivity contribution in [3.8, 4) is 0 Å². The van der Waals surface area contributed by atoms with Crippen molar-refractivity contribution in [2.75, 3.05) is 0 Å². The molecule has 0 radical (unpaired) electrons. The normalized spacial score (nSPS) is 23.3. The van der Waals surface area contributed by atoms with E-state index in [-0.39, 0.29) is 21.9 Å². The van der Waals surface area contributed by atoms with Crippen LogP contribution in [0.15, 0.2) is 5.16 Å². The van der Waals surface area contributed by atoms with Gasteiger partial charge in [-0.15, -0.1) is 5.10 Å². The van der Waals surface area contributed by atoms with Crippen LogP contribution in [0.25, 0.3) is 0 Å². The van der Waals surface area contributed by atoms with Gasteiger partial charge in [0.25, 0.3) is 14.2 Å². The number of nitrogens with zero attached hydrogens (tertiary/aromatic N) is 2. The number of hydrogen-bond acceptors (Lipinski definition) is 4. The number of aromatic amines is 1. The standard InChI is InChI=1S/C9H14ClN3O2S/c1-8(2)5(9(8,3)4)6-11-7(13-12-6)16(10,14)15/h5H,1-4H3,(H,11,12,13). The zero-order valence-electron chi connectivity index (χ0n) is 9.57. The van der Waals surface area contributed by atoms with Crippen LogP contribution in [-0.4, -0.2) is 23.6 Å². The first-order valence-corrected chi connectivity index (χ1v) is 7.26. The second-order valence-electron chi connectivity index (χ2n) is 5.32. The minimum absolute atomic E-state index is 0.0832. The van der Waals surface area contributed by atoms with Gasteiger partial charge in [-0.25, -0.2) is 13.4 Å². The lowest BCUT2D eigenvalue weighted by atomic mass is 10.0. The summed E-state index contributed by atoms with van der Waals surface area (Å²) in [6.07, 6.45) is 0. The van der Waals surface area contributed by atoms with Crippen LogP contribution in [0, 0.1) is 10.8 Å². The first-order valence-electron chi connectivity index (χ1n) is 4.95. The molecule has 1 aromatic heterocycles. The quantitative estimate of drug-likeness (QED) is 0.827. The number of halogens is 1. The Hall–Kier alpha value is -0.620. The van der Waals surface area contributed by atoms with E-state index in [2.05, 4.69) is 42.9 Å². The third kappa shape index (κ3) is 1.47. The topological polar surface area (TPSA) is 75.7 Å². The number of H-pyrrole nitrogens is 1.